The quantitative estimate of drug-likeness (QED) is 0.683. The van der Waals surface area contributed by atoms with E-state index in [4.69, 9.17) is 9.47 Å². The maximum absolute atomic E-state index is 13.3. The molecule has 180 valence electrons. The number of piperidine rings is 1. The highest BCUT2D eigenvalue weighted by Crippen LogP contribution is 2.35. The second kappa shape index (κ2) is 9.85. The molecule has 0 unspecified atom stereocenters. The Morgan fingerprint density at radius 1 is 1.00 bits per heavy atom. The summed E-state index contributed by atoms with van der Waals surface area (Å²) in [5.41, 5.74) is 1.77. The molecule has 1 aromatic carbocycles. The average molecular weight is 457 g/mol. The lowest BCUT2D eigenvalue weighted by Gasteiger charge is -2.28. The lowest BCUT2D eigenvalue weighted by molar-refractivity contribution is 0.0725. The number of nitrogens with zero attached hydrogens (tertiary/aromatic N) is 3. The van der Waals surface area contributed by atoms with Crippen molar-refractivity contribution in [2.75, 3.05) is 32.6 Å². The Labute approximate surface area is 196 Å². The predicted molar refractivity (Wildman–Crippen MR) is 129 cm³/mol. The summed E-state index contributed by atoms with van der Waals surface area (Å²) >= 11 is 0. The number of hydrogen-bond acceptors (Lipinski definition) is 5. The number of anilines is 1. The van der Waals surface area contributed by atoms with Gasteiger partial charge in [-0.2, -0.15) is 5.10 Å². The number of amides is 2. The summed E-state index contributed by atoms with van der Waals surface area (Å²) in [5, 5.41) is 7.50. The van der Waals surface area contributed by atoms with Crippen LogP contribution in [0.5, 0.6) is 11.5 Å². The number of methoxy groups -OCH3 is 2. The number of likely N-dealkylation sites (tertiary alicyclic amines) is 1. The molecule has 0 atom stereocenters. The first-order chi connectivity index (χ1) is 15.6. The van der Waals surface area contributed by atoms with Crippen LogP contribution in [-0.2, 0) is 5.54 Å². The third-order valence-corrected chi connectivity index (χ3v) is 5.84. The summed E-state index contributed by atoms with van der Waals surface area (Å²) in [6.45, 7) is 11.7. The number of nitrogens with one attached hydrogen (secondary N) is 1. The first-order valence-corrected chi connectivity index (χ1v) is 11.5. The van der Waals surface area contributed by atoms with Crippen molar-refractivity contribution in [2.45, 2.75) is 65.3 Å². The van der Waals surface area contributed by atoms with Crippen LogP contribution in [0.25, 0.3) is 0 Å². The average Bonchev–Trinajstić information content (AvgIpc) is 3.26. The molecule has 0 bridgehead atoms. The predicted octanol–water partition coefficient (Wildman–Crippen LogP) is 4.66. The molecule has 0 spiro atoms. The van der Waals surface area contributed by atoms with Crippen LogP contribution in [0.15, 0.2) is 18.2 Å². The van der Waals surface area contributed by atoms with Crippen molar-refractivity contribution in [3.63, 3.8) is 0 Å². The highest BCUT2D eigenvalue weighted by molar-refractivity contribution is 6.08. The van der Waals surface area contributed by atoms with Gasteiger partial charge in [0.15, 0.2) is 17.2 Å². The Kier molecular flexibility index (Phi) is 7.34. The van der Waals surface area contributed by atoms with Gasteiger partial charge in [0.05, 0.1) is 31.0 Å². The standard InChI is InChI=1S/C25H36N4O4/c1-16(2)20-14-19(27-29(20)25(3,4)5)23(30)26-18-15-22(33-7)21(32-6)13-17(18)24(31)28-11-9-8-10-12-28/h13-16H,8-12H2,1-7H3,(H,26,30). The molecule has 0 radical (unpaired) electrons. The fourth-order valence-corrected chi connectivity index (χ4v) is 4.07. The number of rotatable bonds is 6. The van der Waals surface area contributed by atoms with Gasteiger partial charge in [0.25, 0.3) is 11.8 Å². The number of hydrogen-bond donors (Lipinski definition) is 1. The van der Waals surface area contributed by atoms with Gasteiger partial charge in [0.1, 0.15) is 0 Å². The number of carbonyl (C=O) groups excluding carboxylic acids is 2. The van der Waals surface area contributed by atoms with Crippen molar-refractivity contribution in [1.29, 1.82) is 0 Å². The molecular weight excluding hydrogens is 420 g/mol. The fraction of sp³-hybridized carbons (Fsp3) is 0.560. The maximum Gasteiger partial charge on any atom is 0.276 e. The van der Waals surface area contributed by atoms with E-state index in [2.05, 4.69) is 45.0 Å². The second-order valence-electron chi connectivity index (χ2n) is 9.75. The Morgan fingerprint density at radius 2 is 1.61 bits per heavy atom. The molecule has 1 N–H and O–H groups in total. The number of carbonyl (C=O) groups is 2. The molecule has 2 aromatic rings. The molecule has 1 aliphatic rings. The van der Waals surface area contributed by atoms with E-state index in [9.17, 15) is 9.59 Å². The number of aromatic nitrogens is 2. The maximum atomic E-state index is 13.3. The summed E-state index contributed by atoms with van der Waals surface area (Å²) in [7, 11) is 3.05. The molecule has 33 heavy (non-hydrogen) atoms. The SMILES string of the molecule is COc1cc(NC(=O)c2cc(C(C)C)n(C(C)(C)C)n2)c(C(=O)N2CCCCC2)cc1OC. The summed E-state index contributed by atoms with van der Waals surface area (Å²) in [4.78, 5) is 28.4. The summed E-state index contributed by atoms with van der Waals surface area (Å²) in [6.07, 6.45) is 3.07. The van der Waals surface area contributed by atoms with E-state index in [1.54, 1.807) is 12.1 Å². The molecule has 0 saturated carbocycles. The van der Waals surface area contributed by atoms with Crippen molar-refractivity contribution in [2.24, 2.45) is 0 Å². The number of ether oxygens (including phenoxy) is 2. The highest BCUT2D eigenvalue weighted by atomic mass is 16.5. The minimum atomic E-state index is -0.375. The van der Waals surface area contributed by atoms with Gasteiger partial charge in [-0.05, 0) is 58.1 Å². The molecule has 2 amide bonds. The van der Waals surface area contributed by atoms with Gasteiger partial charge < -0.3 is 19.7 Å². The van der Waals surface area contributed by atoms with E-state index in [0.29, 0.717) is 41.5 Å². The third-order valence-electron chi connectivity index (χ3n) is 5.84. The summed E-state index contributed by atoms with van der Waals surface area (Å²) < 4.78 is 12.7. The van der Waals surface area contributed by atoms with Crippen LogP contribution in [0.3, 0.4) is 0 Å². The lowest BCUT2D eigenvalue weighted by atomic mass is 10.1. The van der Waals surface area contributed by atoms with E-state index < -0.39 is 0 Å². The van der Waals surface area contributed by atoms with Crippen LogP contribution in [0.4, 0.5) is 5.69 Å². The Morgan fingerprint density at radius 3 is 2.12 bits per heavy atom. The lowest BCUT2D eigenvalue weighted by Crippen LogP contribution is -2.36. The molecule has 0 aliphatic carbocycles. The van der Waals surface area contributed by atoms with Crippen LogP contribution in [0.1, 0.15) is 86.3 Å². The molecule has 8 heteroatoms. The number of benzene rings is 1. The smallest absolute Gasteiger partial charge is 0.276 e. The second-order valence-corrected chi connectivity index (χ2v) is 9.75. The van der Waals surface area contributed by atoms with E-state index in [0.717, 1.165) is 25.0 Å². The van der Waals surface area contributed by atoms with Crippen LogP contribution in [0, 0.1) is 0 Å². The molecule has 1 fully saturated rings. The van der Waals surface area contributed by atoms with Crippen molar-refractivity contribution in [3.05, 3.63) is 35.2 Å². The van der Waals surface area contributed by atoms with Gasteiger partial charge in [-0.25, -0.2) is 0 Å². The Bertz CT molecular complexity index is 1010. The largest absolute Gasteiger partial charge is 0.493 e. The molecule has 1 aliphatic heterocycles. The van der Waals surface area contributed by atoms with Crippen LogP contribution >= 0.6 is 0 Å². The van der Waals surface area contributed by atoms with Gasteiger partial charge in [0.2, 0.25) is 0 Å². The summed E-state index contributed by atoms with van der Waals surface area (Å²) in [5.74, 6) is 0.575. The molecule has 3 rings (SSSR count). The zero-order valence-corrected chi connectivity index (χ0v) is 20.8. The Balaban J connectivity index is 2.00. The zero-order chi connectivity index (χ0) is 24.3. The first-order valence-electron chi connectivity index (χ1n) is 11.5. The van der Waals surface area contributed by atoms with E-state index >= 15 is 0 Å². The minimum absolute atomic E-state index is 0.131. The monoisotopic (exact) mass is 456 g/mol. The Hall–Kier alpha value is -3.03. The van der Waals surface area contributed by atoms with Gasteiger partial charge in [-0.3, -0.25) is 14.3 Å². The summed E-state index contributed by atoms with van der Waals surface area (Å²) in [6, 6.07) is 5.09. The normalized spacial score (nSPS) is 14.4. The molecule has 2 heterocycles. The van der Waals surface area contributed by atoms with E-state index in [-0.39, 0.29) is 23.3 Å². The van der Waals surface area contributed by atoms with Gasteiger partial charge in [-0.15, -0.1) is 0 Å². The van der Waals surface area contributed by atoms with Crippen LogP contribution in [0.2, 0.25) is 0 Å². The zero-order valence-electron chi connectivity index (χ0n) is 20.8. The van der Waals surface area contributed by atoms with Crippen molar-refractivity contribution < 1.29 is 19.1 Å². The highest BCUT2D eigenvalue weighted by Gasteiger charge is 2.27. The fourth-order valence-electron chi connectivity index (χ4n) is 4.07. The van der Waals surface area contributed by atoms with E-state index in [1.165, 1.54) is 14.2 Å². The molecule has 1 aromatic heterocycles. The van der Waals surface area contributed by atoms with Gasteiger partial charge in [0, 0.05) is 24.8 Å². The van der Waals surface area contributed by atoms with Crippen LogP contribution < -0.4 is 14.8 Å². The molecule has 8 nitrogen and oxygen atoms in total. The minimum Gasteiger partial charge on any atom is -0.493 e. The van der Waals surface area contributed by atoms with E-state index in [1.807, 2.05) is 15.6 Å². The van der Waals surface area contributed by atoms with Crippen molar-refractivity contribution >= 4 is 17.5 Å². The molecular formula is C25H36N4O4. The van der Waals surface area contributed by atoms with Crippen molar-refractivity contribution in [1.82, 2.24) is 14.7 Å². The molecule has 1 saturated heterocycles. The van der Waals surface area contributed by atoms with Gasteiger partial charge in [-0.1, -0.05) is 13.8 Å². The first kappa shape index (κ1) is 24.6. The van der Waals surface area contributed by atoms with Gasteiger partial charge >= 0.3 is 0 Å². The van der Waals surface area contributed by atoms with Crippen LogP contribution in [-0.4, -0.2) is 53.8 Å². The topological polar surface area (TPSA) is 85.7 Å². The third kappa shape index (κ3) is 5.31. The van der Waals surface area contributed by atoms with Crippen molar-refractivity contribution in [3.8, 4) is 11.5 Å².